The van der Waals surface area contributed by atoms with Gasteiger partial charge in [-0.3, -0.25) is 9.88 Å². The van der Waals surface area contributed by atoms with E-state index in [1.807, 2.05) is 19.1 Å². The summed E-state index contributed by atoms with van der Waals surface area (Å²) in [5, 5.41) is 6.03. The van der Waals surface area contributed by atoms with Gasteiger partial charge in [-0.1, -0.05) is 6.07 Å². The molecule has 2 aliphatic heterocycles. The summed E-state index contributed by atoms with van der Waals surface area (Å²) in [4.78, 5) is 18.8. The summed E-state index contributed by atoms with van der Waals surface area (Å²) >= 11 is 0. The van der Waals surface area contributed by atoms with Gasteiger partial charge in [0.1, 0.15) is 0 Å². The first-order valence-electron chi connectivity index (χ1n) is 9.08. The van der Waals surface area contributed by atoms with Gasteiger partial charge in [0.25, 0.3) is 0 Å². The lowest BCUT2D eigenvalue weighted by Gasteiger charge is -2.37. The summed E-state index contributed by atoms with van der Waals surface area (Å²) in [6, 6.07) is 3.91. The second-order valence-electron chi connectivity index (χ2n) is 6.70. The van der Waals surface area contributed by atoms with Crippen LogP contribution in [0, 0.1) is 5.92 Å². The summed E-state index contributed by atoms with van der Waals surface area (Å²) in [6.45, 7) is 7.52. The fourth-order valence-electron chi connectivity index (χ4n) is 3.52. The van der Waals surface area contributed by atoms with Gasteiger partial charge in [-0.2, -0.15) is 0 Å². The van der Waals surface area contributed by atoms with Crippen LogP contribution in [0.1, 0.15) is 24.9 Å². The lowest BCUT2D eigenvalue weighted by molar-refractivity contribution is 0.00211. The number of nitrogens with one attached hydrogen (secondary N) is 2. The maximum Gasteiger partial charge on any atom is 0.315 e. The molecule has 2 amide bonds. The van der Waals surface area contributed by atoms with Crippen molar-refractivity contribution in [2.75, 3.05) is 46.1 Å². The van der Waals surface area contributed by atoms with Crippen LogP contribution in [0.25, 0.3) is 0 Å². The van der Waals surface area contributed by atoms with Crippen LogP contribution in [0.3, 0.4) is 0 Å². The van der Waals surface area contributed by atoms with Gasteiger partial charge >= 0.3 is 6.03 Å². The van der Waals surface area contributed by atoms with Gasteiger partial charge < -0.3 is 20.1 Å². The number of hydrogen-bond acceptors (Lipinski definition) is 5. The highest BCUT2D eigenvalue weighted by molar-refractivity contribution is 5.74. The predicted molar refractivity (Wildman–Crippen MR) is 94.3 cm³/mol. The fourth-order valence-corrected chi connectivity index (χ4v) is 3.52. The van der Waals surface area contributed by atoms with Crippen molar-refractivity contribution in [3.8, 4) is 0 Å². The molecule has 0 aromatic carbocycles. The normalized spacial score (nSPS) is 23.8. The molecule has 25 heavy (non-hydrogen) atoms. The third kappa shape index (κ3) is 5.14. The van der Waals surface area contributed by atoms with Crippen molar-refractivity contribution in [2.24, 2.45) is 5.92 Å². The van der Waals surface area contributed by atoms with Crippen LogP contribution >= 0.6 is 0 Å². The number of carbonyl (C=O) groups excluding carboxylic acids is 1. The molecular formula is C18H28N4O3. The number of pyridine rings is 1. The van der Waals surface area contributed by atoms with Crippen molar-refractivity contribution in [1.82, 2.24) is 20.5 Å². The van der Waals surface area contributed by atoms with E-state index in [-0.39, 0.29) is 12.1 Å². The number of rotatable bonds is 6. The first-order chi connectivity index (χ1) is 12.2. The van der Waals surface area contributed by atoms with Crippen LogP contribution in [0.4, 0.5) is 4.79 Å². The van der Waals surface area contributed by atoms with Gasteiger partial charge in [0.05, 0.1) is 25.9 Å². The minimum absolute atomic E-state index is 0.0784. The van der Waals surface area contributed by atoms with Crippen LogP contribution in [0.2, 0.25) is 0 Å². The smallest absolute Gasteiger partial charge is 0.315 e. The Morgan fingerprint density at radius 2 is 2.20 bits per heavy atom. The molecule has 0 spiro atoms. The standard InChI is InChI=1S/C18H28N4O3/c1-14(15-3-2-5-19-11-15)21-18(23)20-12-17(16-4-8-25-13-16)22-6-9-24-10-7-22/h2-3,5,11,14,16-17H,4,6-10,12-13H2,1H3,(H2,20,21,23)/t14-,16-,17+/m0/s1. The molecule has 0 aliphatic carbocycles. The van der Waals surface area contributed by atoms with Gasteiger partial charge in [-0.05, 0) is 25.0 Å². The molecule has 2 saturated heterocycles. The number of hydrogen-bond donors (Lipinski definition) is 2. The summed E-state index contributed by atoms with van der Waals surface area (Å²) in [5.41, 5.74) is 0.992. The molecule has 0 unspecified atom stereocenters. The summed E-state index contributed by atoms with van der Waals surface area (Å²) in [6.07, 6.45) is 4.56. The predicted octanol–water partition coefficient (Wildman–Crippen LogP) is 1.18. The lowest BCUT2D eigenvalue weighted by atomic mass is 9.97. The lowest BCUT2D eigenvalue weighted by Crippen LogP contribution is -2.53. The molecule has 3 rings (SSSR count). The third-order valence-electron chi connectivity index (χ3n) is 5.03. The molecule has 2 fully saturated rings. The zero-order valence-electron chi connectivity index (χ0n) is 14.8. The van der Waals surface area contributed by atoms with Crippen LogP contribution in [0.15, 0.2) is 24.5 Å². The Labute approximate surface area is 149 Å². The largest absolute Gasteiger partial charge is 0.381 e. The molecule has 1 aromatic heterocycles. The average molecular weight is 348 g/mol. The molecule has 138 valence electrons. The van der Waals surface area contributed by atoms with Crippen molar-refractivity contribution in [2.45, 2.75) is 25.4 Å². The molecule has 0 saturated carbocycles. The Balaban J connectivity index is 1.52. The highest BCUT2D eigenvalue weighted by Gasteiger charge is 2.31. The zero-order valence-corrected chi connectivity index (χ0v) is 14.8. The number of aromatic nitrogens is 1. The van der Waals surface area contributed by atoms with Gasteiger partial charge in [0.15, 0.2) is 0 Å². The summed E-state index contributed by atoms with van der Waals surface area (Å²) in [7, 11) is 0. The highest BCUT2D eigenvalue weighted by atomic mass is 16.5. The van der Waals surface area contributed by atoms with E-state index in [1.54, 1.807) is 12.4 Å². The van der Waals surface area contributed by atoms with Crippen LogP contribution < -0.4 is 10.6 Å². The van der Waals surface area contributed by atoms with E-state index in [1.165, 1.54) is 0 Å². The van der Waals surface area contributed by atoms with Gasteiger partial charge in [0, 0.05) is 50.6 Å². The van der Waals surface area contributed by atoms with Crippen molar-refractivity contribution in [3.63, 3.8) is 0 Å². The minimum Gasteiger partial charge on any atom is -0.381 e. The molecule has 0 radical (unpaired) electrons. The van der Waals surface area contributed by atoms with Gasteiger partial charge in [0.2, 0.25) is 0 Å². The Hall–Kier alpha value is -1.70. The second-order valence-corrected chi connectivity index (χ2v) is 6.70. The van der Waals surface area contributed by atoms with E-state index >= 15 is 0 Å². The first kappa shape index (κ1) is 18.1. The molecule has 2 N–H and O–H groups in total. The first-order valence-corrected chi connectivity index (χ1v) is 9.08. The van der Waals surface area contributed by atoms with E-state index in [9.17, 15) is 4.79 Å². The second kappa shape index (κ2) is 9.12. The topological polar surface area (TPSA) is 75.7 Å². The quantitative estimate of drug-likeness (QED) is 0.807. The molecule has 7 heteroatoms. The van der Waals surface area contributed by atoms with Crippen LogP contribution in [-0.2, 0) is 9.47 Å². The van der Waals surface area contributed by atoms with Crippen molar-refractivity contribution < 1.29 is 14.3 Å². The number of urea groups is 1. The van der Waals surface area contributed by atoms with Crippen LogP contribution in [0.5, 0.6) is 0 Å². The number of morpholine rings is 1. The maximum absolute atomic E-state index is 12.3. The third-order valence-corrected chi connectivity index (χ3v) is 5.03. The highest BCUT2D eigenvalue weighted by Crippen LogP contribution is 2.21. The Morgan fingerprint density at radius 3 is 2.88 bits per heavy atom. The maximum atomic E-state index is 12.3. The van der Waals surface area contributed by atoms with E-state index in [0.717, 1.165) is 51.5 Å². The molecule has 3 heterocycles. The zero-order chi connectivity index (χ0) is 17.5. The molecule has 3 atom stereocenters. The van der Waals surface area contributed by atoms with Gasteiger partial charge in [-0.15, -0.1) is 0 Å². The summed E-state index contributed by atoms with van der Waals surface area (Å²) < 4.78 is 11.0. The number of amides is 2. The number of carbonyl (C=O) groups is 1. The van der Waals surface area contributed by atoms with Gasteiger partial charge in [-0.25, -0.2) is 4.79 Å². The van der Waals surface area contributed by atoms with E-state index in [2.05, 4.69) is 20.5 Å². The SMILES string of the molecule is C[C@H](NC(=O)NC[C@H]([C@H]1CCOC1)N1CCOCC1)c1cccnc1. The summed E-state index contributed by atoms with van der Waals surface area (Å²) in [5.74, 6) is 0.467. The Kier molecular flexibility index (Phi) is 6.61. The minimum atomic E-state index is -0.145. The van der Waals surface area contributed by atoms with Crippen LogP contribution in [-0.4, -0.2) is 68.0 Å². The molecule has 2 aliphatic rings. The fraction of sp³-hybridized carbons (Fsp3) is 0.667. The van der Waals surface area contributed by atoms with E-state index in [0.29, 0.717) is 18.5 Å². The van der Waals surface area contributed by atoms with Crippen molar-refractivity contribution in [1.29, 1.82) is 0 Å². The monoisotopic (exact) mass is 348 g/mol. The Morgan fingerprint density at radius 1 is 1.36 bits per heavy atom. The van der Waals surface area contributed by atoms with Crippen molar-refractivity contribution in [3.05, 3.63) is 30.1 Å². The average Bonchev–Trinajstić information content (AvgIpc) is 3.18. The number of ether oxygens (including phenoxy) is 2. The van der Waals surface area contributed by atoms with Crippen molar-refractivity contribution >= 4 is 6.03 Å². The molecular weight excluding hydrogens is 320 g/mol. The number of nitrogens with zero attached hydrogens (tertiary/aromatic N) is 2. The molecule has 7 nitrogen and oxygen atoms in total. The molecule has 0 bridgehead atoms. The van der Waals surface area contributed by atoms with E-state index in [4.69, 9.17) is 9.47 Å². The molecule has 1 aromatic rings. The van der Waals surface area contributed by atoms with E-state index < -0.39 is 0 Å². The Bertz CT molecular complexity index is 530.